The molecule has 0 radical (unpaired) electrons. The number of H-pyrrole nitrogens is 1. The number of aromatic nitrogens is 6. The van der Waals surface area contributed by atoms with Gasteiger partial charge in [0.05, 0.1) is 12.3 Å². The van der Waals surface area contributed by atoms with Crippen molar-refractivity contribution in [3.63, 3.8) is 0 Å². The van der Waals surface area contributed by atoms with Gasteiger partial charge in [-0.25, -0.2) is 4.68 Å². The third kappa shape index (κ3) is 3.94. The summed E-state index contributed by atoms with van der Waals surface area (Å²) >= 11 is 0. The maximum Gasteiger partial charge on any atom is 0.290 e. The zero-order valence-electron chi connectivity index (χ0n) is 15.8. The summed E-state index contributed by atoms with van der Waals surface area (Å²) in [6, 6.07) is 7.60. The van der Waals surface area contributed by atoms with Gasteiger partial charge in [-0.15, -0.1) is 5.10 Å². The molecule has 1 aliphatic rings. The Balaban J connectivity index is 1.50. The van der Waals surface area contributed by atoms with Gasteiger partial charge in [0, 0.05) is 37.0 Å². The predicted molar refractivity (Wildman–Crippen MR) is 102 cm³/mol. The zero-order valence-corrected chi connectivity index (χ0v) is 15.8. The fraction of sp³-hybridized carbons (Fsp3) is 0.421. The number of carbonyl (C=O) groups excluding carboxylic acids is 1. The molecule has 4 rings (SSSR count). The smallest absolute Gasteiger partial charge is 0.290 e. The Kier molecular flexibility index (Phi) is 5.43. The van der Waals surface area contributed by atoms with E-state index in [-0.39, 0.29) is 12.0 Å². The average Bonchev–Trinajstić information content (AvgIpc) is 3.44. The van der Waals surface area contributed by atoms with Gasteiger partial charge in [0.2, 0.25) is 0 Å². The summed E-state index contributed by atoms with van der Waals surface area (Å²) in [5, 5.41) is 18.0. The molecule has 0 bridgehead atoms. The Morgan fingerprint density at radius 1 is 1.36 bits per heavy atom. The lowest BCUT2D eigenvalue weighted by Gasteiger charge is -2.32. The van der Waals surface area contributed by atoms with Crippen molar-refractivity contribution in [3.8, 4) is 17.1 Å². The number of piperidine rings is 1. The molecule has 1 aliphatic heterocycles. The van der Waals surface area contributed by atoms with E-state index in [4.69, 9.17) is 4.74 Å². The van der Waals surface area contributed by atoms with Crippen LogP contribution in [0.3, 0.4) is 0 Å². The molecule has 9 heteroatoms. The number of tetrazole rings is 1. The van der Waals surface area contributed by atoms with Crippen molar-refractivity contribution >= 4 is 5.91 Å². The first-order valence-electron chi connectivity index (χ1n) is 9.54. The Morgan fingerprint density at radius 3 is 3.11 bits per heavy atom. The first-order valence-corrected chi connectivity index (χ1v) is 9.54. The van der Waals surface area contributed by atoms with Gasteiger partial charge in [0.25, 0.3) is 11.9 Å². The third-order valence-electron chi connectivity index (χ3n) is 4.79. The summed E-state index contributed by atoms with van der Waals surface area (Å²) in [5.41, 5.74) is 2.46. The summed E-state index contributed by atoms with van der Waals surface area (Å²) in [4.78, 5) is 14.9. The Morgan fingerprint density at radius 2 is 2.29 bits per heavy atom. The molecule has 146 valence electrons. The molecule has 1 atom stereocenters. The lowest BCUT2D eigenvalue weighted by molar-refractivity contribution is 0.00211. The monoisotopic (exact) mass is 381 g/mol. The second-order valence-electron chi connectivity index (χ2n) is 6.85. The Labute approximate surface area is 162 Å². The van der Waals surface area contributed by atoms with E-state index in [0.29, 0.717) is 18.1 Å². The quantitative estimate of drug-likeness (QED) is 0.701. The minimum Gasteiger partial charge on any atom is -0.376 e. The SMILES string of the molecule is CCCOC1CCCN(C(=O)c2cccc(-c3cnn(-c4nn[nH]n4)c3)c2)C1. The van der Waals surface area contributed by atoms with Crippen LogP contribution in [-0.4, -0.2) is 67.0 Å². The van der Waals surface area contributed by atoms with E-state index in [0.717, 1.165) is 43.5 Å². The van der Waals surface area contributed by atoms with E-state index >= 15 is 0 Å². The van der Waals surface area contributed by atoms with Crippen molar-refractivity contribution in [3.05, 3.63) is 42.2 Å². The van der Waals surface area contributed by atoms with Crippen LogP contribution in [0.5, 0.6) is 0 Å². The summed E-state index contributed by atoms with van der Waals surface area (Å²) in [6.07, 6.45) is 6.63. The molecule has 0 aliphatic carbocycles. The number of likely N-dealkylation sites (tertiary alicyclic amines) is 1. The first kappa shape index (κ1) is 18.3. The number of benzene rings is 1. The van der Waals surface area contributed by atoms with Crippen LogP contribution in [0, 0.1) is 0 Å². The van der Waals surface area contributed by atoms with Crippen LogP contribution >= 0.6 is 0 Å². The highest BCUT2D eigenvalue weighted by molar-refractivity contribution is 5.95. The molecule has 1 N–H and O–H groups in total. The fourth-order valence-electron chi connectivity index (χ4n) is 3.39. The van der Waals surface area contributed by atoms with E-state index in [2.05, 4.69) is 32.6 Å². The van der Waals surface area contributed by atoms with Gasteiger partial charge in [0.1, 0.15) is 0 Å². The summed E-state index contributed by atoms with van der Waals surface area (Å²) in [7, 11) is 0. The number of nitrogens with zero attached hydrogens (tertiary/aromatic N) is 6. The van der Waals surface area contributed by atoms with E-state index in [9.17, 15) is 4.79 Å². The molecule has 2 aromatic heterocycles. The molecule has 9 nitrogen and oxygen atoms in total. The number of hydrogen-bond donors (Lipinski definition) is 1. The highest BCUT2D eigenvalue weighted by Gasteiger charge is 2.25. The Bertz CT molecular complexity index is 922. The standard InChI is InChI=1S/C19H23N7O2/c1-2-9-28-17-7-4-8-25(13-17)18(27)15-6-3-5-14(10-15)16-11-20-26(12-16)19-21-23-24-22-19/h3,5-6,10-12,17H,2,4,7-9,13H2,1H3,(H,21,22,23,24). The molecule has 1 fully saturated rings. The molecule has 1 amide bonds. The zero-order chi connectivity index (χ0) is 19.3. The van der Waals surface area contributed by atoms with Crippen LogP contribution in [0.25, 0.3) is 17.1 Å². The number of hydrogen-bond acceptors (Lipinski definition) is 6. The van der Waals surface area contributed by atoms with Gasteiger partial charge in [-0.3, -0.25) is 4.79 Å². The number of ether oxygens (including phenoxy) is 1. The van der Waals surface area contributed by atoms with Crippen molar-refractivity contribution in [1.82, 2.24) is 35.3 Å². The fourth-order valence-corrected chi connectivity index (χ4v) is 3.39. The molecule has 3 heterocycles. The third-order valence-corrected chi connectivity index (χ3v) is 4.79. The maximum absolute atomic E-state index is 13.0. The van der Waals surface area contributed by atoms with Crippen LogP contribution in [0.1, 0.15) is 36.5 Å². The van der Waals surface area contributed by atoms with E-state index in [1.807, 2.05) is 35.4 Å². The van der Waals surface area contributed by atoms with Gasteiger partial charge in [-0.2, -0.15) is 10.3 Å². The van der Waals surface area contributed by atoms with Crippen molar-refractivity contribution in [2.24, 2.45) is 0 Å². The van der Waals surface area contributed by atoms with Crippen LogP contribution in [0.15, 0.2) is 36.7 Å². The molecule has 1 saturated heterocycles. The molecule has 1 unspecified atom stereocenters. The van der Waals surface area contributed by atoms with Crippen molar-refractivity contribution < 1.29 is 9.53 Å². The van der Waals surface area contributed by atoms with Gasteiger partial charge >= 0.3 is 0 Å². The molecule has 0 saturated carbocycles. The number of rotatable bonds is 6. The molecular formula is C19H23N7O2. The van der Waals surface area contributed by atoms with E-state index < -0.39 is 0 Å². The second-order valence-corrected chi connectivity index (χ2v) is 6.85. The molecule has 1 aromatic carbocycles. The molecular weight excluding hydrogens is 358 g/mol. The van der Waals surface area contributed by atoms with Crippen LogP contribution in [0.2, 0.25) is 0 Å². The van der Waals surface area contributed by atoms with Crippen molar-refractivity contribution in [2.45, 2.75) is 32.3 Å². The average molecular weight is 381 g/mol. The lowest BCUT2D eigenvalue weighted by atomic mass is 10.0. The summed E-state index contributed by atoms with van der Waals surface area (Å²) < 4.78 is 7.39. The van der Waals surface area contributed by atoms with E-state index in [1.54, 1.807) is 6.20 Å². The van der Waals surface area contributed by atoms with Crippen LogP contribution < -0.4 is 0 Å². The first-order chi connectivity index (χ1) is 13.7. The summed E-state index contributed by atoms with van der Waals surface area (Å²) in [6.45, 7) is 4.26. The lowest BCUT2D eigenvalue weighted by Crippen LogP contribution is -2.43. The normalized spacial score (nSPS) is 17.0. The molecule has 3 aromatic rings. The maximum atomic E-state index is 13.0. The molecule has 0 spiro atoms. The largest absolute Gasteiger partial charge is 0.376 e. The molecule has 28 heavy (non-hydrogen) atoms. The van der Waals surface area contributed by atoms with Crippen molar-refractivity contribution in [1.29, 1.82) is 0 Å². The topological polar surface area (TPSA) is 102 Å². The second kappa shape index (κ2) is 8.30. The highest BCUT2D eigenvalue weighted by Crippen LogP contribution is 2.22. The highest BCUT2D eigenvalue weighted by atomic mass is 16.5. The van der Waals surface area contributed by atoms with Gasteiger partial charge in [-0.1, -0.05) is 24.2 Å². The van der Waals surface area contributed by atoms with Gasteiger partial charge in [0.15, 0.2) is 0 Å². The van der Waals surface area contributed by atoms with Crippen molar-refractivity contribution in [2.75, 3.05) is 19.7 Å². The number of carbonyl (C=O) groups is 1. The minimum atomic E-state index is 0.0391. The van der Waals surface area contributed by atoms with Gasteiger partial charge < -0.3 is 9.64 Å². The van der Waals surface area contributed by atoms with Crippen LogP contribution in [0.4, 0.5) is 0 Å². The van der Waals surface area contributed by atoms with E-state index in [1.165, 1.54) is 4.68 Å². The van der Waals surface area contributed by atoms with Crippen LogP contribution in [-0.2, 0) is 4.74 Å². The minimum absolute atomic E-state index is 0.0391. The number of nitrogens with one attached hydrogen (secondary N) is 1. The Hall–Kier alpha value is -3.07. The van der Waals surface area contributed by atoms with Gasteiger partial charge in [-0.05, 0) is 42.2 Å². The number of amides is 1. The predicted octanol–water partition coefficient (Wildman–Crippen LogP) is 2.08. The number of aromatic amines is 1. The summed E-state index contributed by atoms with van der Waals surface area (Å²) in [5.74, 6) is 0.405.